The number of aryl methyl sites for hydroxylation is 1. The maximum Gasteiger partial charge on any atom is 0.227 e. The molecule has 0 spiro atoms. The highest BCUT2D eigenvalue weighted by molar-refractivity contribution is 5.92. The van der Waals surface area contributed by atoms with E-state index >= 15 is 0 Å². The molecule has 0 saturated heterocycles. The van der Waals surface area contributed by atoms with E-state index in [1.165, 1.54) is 5.56 Å². The normalized spacial score (nSPS) is 14.3. The standard InChI is InChI=1S/C17H19N3O/c1-12-5-7-14(8-6-12)19-16-10-9-15(11-18-16)20-17(21)13-3-2-4-13/h5-11,13H,2-4H2,1H3,(H,18,19)(H,20,21). The molecule has 21 heavy (non-hydrogen) atoms. The van der Waals surface area contributed by atoms with Crippen molar-refractivity contribution in [2.75, 3.05) is 10.6 Å². The average Bonchev–Trinajstić information content (AvgIpc) is 2.41. The third-order valence-electron chi connectivity index (χ3n) is 3.83. The fraction of sp³-hybridized carbons (Fsp3) is 0.294. The molecule has 2 N–H and O–H groups in total. The molecule has 0 aliphatic heterocycles. The van der Waals surface area contributed by atoms with Crippen molar-refractivity contribution in [3.8, 4) is 0 Å². The lowest BCUT2D eigenvalue weighted by Crippen LogP contribution is -2.28. The molecule has 108 valence electrons. The Morgan fingerprint density at radius 1 is 1.10 bits per heavy atom. The smallest absolute Gasteiger partial charge is 0.227 e. The zero-order valence-corrected chi connectivity index (χ0v) is 12.1. The Bertz CT molecular complexity index is 615. The van der Waals surface area contributed by atoms with E-state index in [1.807, 2.05) is 24.3 Å². The van der Waals surface area contributed by atoms with Crippen molar-refractivity contribution in [2.24, 2.45) is 5.92 Å². The molecule has 1 aromatic heterocycles. The summed E-state index contributed by atoms with van der Waals surface area (Å²) in [6.45, 7) is 2.06. The molecule has 0 atom stereocenters. The lowest BCUT2D eigenvalue weighted by Gasteiger charge is -2.23. The fourth-order valence-corrected chi connectivity index (χ4v) is 2.24. The Hall–Kier alpha value is -2.36. The van der Waals surface area contributed by atoms with Crippen molar-refractivity contribution in [2.45, 2.75) is 26.2 Å². The minimum atomic E-state index is 0.113. The minimum Gasteiger partial charge on any atom is -0.340 e. The van der Waals surface area contributed by atoms with Crippen molar-refractivity contribution >= 4 is 23.1 Å². The van der Waals surface area contributed by atoms with Crippen LogP contribution in [0.15, 0.2) is 42.6 Å². The zero-order chi connectivity index (χ0) is 14.7. The number of anilines is 3. The van der Waals surface area contributed by atoms with Gasteiger partial charge in [0.15, 0.2) is 0 Å². The van der Waals surface area contributed by atoms with Crippen LogP contribution in [0, 0.1) is 12.8 Å². The van der Waals surface area contributed by atoms with Gasteiger partial charge >= 0.3 is 0 Å². The van der Waals surface area contributed by atoms with Gasteiger partial charge in [-0.25, -0.2) is 4.98 Å². The molecule has 2 aromatic rings. The lowest BCUT2D eigenvalue weighted by atomic mass is 9.85. The quantitative estimate of drug-likeness (QED) is 0.894. The van der Waals surface area contributed by atoms with E-state index in [0.717, 1.165) is 36.5 Å². The predicted octanol–water partition coefficient (Wildman–Crippen LogP) is 3.87. The summed E-state index contributed by atoms with van der Waals surface area (Å²) in [5.74, 6) is 1.07. The summed E-state index contributed by atoms with van der Waals surface area (Å²) in [6, 6.07) is 11.9. The van der Waals surface area contributed by atoms with Crippen molar-refractivity contribution in [1.29, 1.82) is 0 Å². The van der Waals surface area contributed by atoms with E-state index < -0.39 is 0 Å². The molecule has 1 aromatic carbocycles. The van der Waals surface area contributed by atoms with Crippen LogP contribution in [0.5, 0.6) is 0 Å². The summed E-state index contributed by atoms with van der Waals surface area (Å²) in [7, 11) is 0. The largest absolute Gasteiger partial charge is 0.340 e. The van der Waals surface area contributed by atoms with E-state index in [4.69, 9.17) is 0 Å². The van der Waals surface area contributed by atoms with Crippen molar-refractivity contribution in [3.05, 3.63) is 48.2 Å². The third-order valence-corrected chi connectivity index (χ3v) is 3.83. The summed E-state index contributed by atoms with van der Waals surface area (Å²) < 4.78 is 0. The van der Waals surface area contributed by atoms with Crippen LogP contribution in [0.3, 0.4) is 0 Å². The van der Waals surface area contributed by atoms with E-state index in [1.54, 1.807) is 6.20 Å². The maximum absolute atomic E-state index is 11.8. The summed E-state index contributed by atoms with van der Waals surface area (Å²) in [5, 5.41) is 6.15. The Kier molecular flexibility index (Phi) is 3.86. The topological polar surface area (TPSA) is 54.0 Å². The van der Waals surface area contributed by atoms with Crippen LogP contribution in [0.25, 0.3) is 0 Å². The molecule has 1 aliphatic carbocycles. The van der Waals surface area contributed by atoms with Gasteiger partial charge in [0.25, 0.3) is 0 Å². The molecule has 0 bridgehead atoms. The van der Waals surface area contributed by atoms with Crippen LogP contribution in [0.4, 0.5) is 17.2 Å². The van der Waals surface area contributed by atoms with Gasteiger partial charge in [0, 0.05) is 11.6 Å². The predicted molar refractivity (Wildman–Crippen MR) is 84.7 cm³/mol. The van der Waals surface area contributed by atoms with E-state index in [0.29, 0.717) is 0 Å². The second kappa shape index (κ2) is 5.95. The van der Waals surface area contributed by atoms with Crippen LogP contribution in [-0.2, 0) is 4.79 Å². The first kappa shape index (κ1) is 13.6. The van der Waals surface area contributed by atoms with Gasteiger partial charge in [-0.2, -0.15) is 0 Å². The fourth-order valence-electron chi connectivity index (χ4n) is 2.24. The molecular weight excluding hydrogens is 262 g/mol. The summed E-state index contributed by atoms with van der Waals surface area (Å²) in [4.78, 5) is 16.2. The van der Waals surface area contributed by atoms with Gasteiger partial charge in [-0.1, -0.05) is 24.1 Å². The van der Waals surface area contributed by atoms with Crippen LogP contribution in [0.1, 0.15) is 24.8 Å². The van der Waals surface area contributed by atoms with Gasteiger partial charge in [0.2, 0.25) is 5.91 Å². The molecule has 4 heteroatoms. The zero-order valence-electron chi connectivity index (χ0n) is 12.1. The van der Waals surface area contributed by atoms with Crippen molar-refractivity contribution in [3.63, 3.8) is 0 Å². The average molecular weight is 281 g/mol. The van der Waals surface area contributed by atoms with Crippen LogP contribution >= 0.6 is 0 Å². The molecule has 1 amide bonds. The van der Waals surface area contributed by atoms with Crippen LogP contribution in [0.2, 0.25) is 0 Å². The first-order valence-electron chi connectivity index (χ1n) is 7.31. The number of benzene rings is 1. The molecule has 0 radical (unpaired) electrons. The number of rotatable bonds is 4. The van der Waals surface area contributed by atoms with Crippen LogP contribution < -0.4 is 10.6 Å². The Morgan fingerprint density at radius 2 is 1.81 bits per heavy atom. The number of carbonyl (C=O) groups excluding carboxylic acids is 1. The third kappa shape index (κ3) is 3.40. The number of nitrogens with zero attached hydrogens (tertiary/aromatic N) is 1. The first-order chi connectivity index (χ1) is 10.2. The molecule has 1 heterocycles. The number of pyridine rings is 1. The second-order valence-corrected chi connectivity index (χ2v) is 5.54. The molecule has 1 saturated carbocycles. The lowest BCUT2D eigenvalue weighted by molar-refractivity contribution is -0.122. The van der Waals surface area contributed by atoms with E-state index in [2.05, 4.69) is 34.7 Å². The van der Waals surface area contributed by atoms with Crippen LogP contribution in [-0.4, -0.2) is 10.9 Å². The van der Waals surface area contributed by atoms with Gasteiger partial charge < -0.3 is 10.6 Å². The van der Waals surface area contributed by atoms with Gasteiger partial charge in [-0.15, -0.1) is 0 Å². The highest BCUT2D eigenvalue weighted by Crippen LogP contribution is 2.27. The molecule has 3 rings (SSSR count). The monoisotopic (exact) mass is 281 g/mol. The number of nitrogens with one attached hydrogen (secondary N) is 2. The first-order valence-corrected chi connectivity index (χ1v) is 7.31. The highest BCUT2D eigenvalue weighted by Gasteiger charge is 2.25. The number of amides is 1. The van der Waals surface area contributed by atoms with Gasteiger partial charge in [-0.3, -0.25) is 4.79 Å². The van der Waals surface area contributed by atoms with Gasteiger partial charge in [-0.05, 0) is 44.0 Å². The Balaban J connectivity index is 1.60. The second-order valence-electron chi connectivity index (χ2n) is 5.54. The molecule has 1 aliphatic rings. The summed E-state index contributed by atoms with van der Waals surface area (Å²) >= 11 is 0. The van der Waals surface area contributed by atoms with Gasteiger partial charge in [0.1, 0.15) is 5.82 Å². The molecule has 0 unspecified atom stereocenters. The SMILES string of the molecule is Cc1ccc(Nc2ccc(NC(=O)C3CCC3)cn2)cc1. The maximum atomic E-state index is 11.8. The Labute approximate surface area is 124 Å². The van der Waals surface area contributed by atoms with Crippen molar-refractivity contribution < 1.29 is 4.79 Å². The molecule has 4 nitrogen and oxygen atoms in total. The van der Waals surface area contributed by atoms with Gasteiger partial charge in [0.05, 0.1) is 11.9 Å². The summed E-state index contributed by atoms with van der Waals surface area (Å²) in [5.41, 5.74) is 2.98. The van der Waals surface area contributed by atoms with E-state index in [9.17, 15) is 4.79 Å². The summed E-state index contributed by atoms with van der Waals surface area (Å²) in [6.07, 6.45) is 4.86. The number of hydrogen-bond donors (Lipinski definition) is 2. The minimum absolute atomic E-state index is 0.113. The molecular formula is C17H19N3O. The van der Waals surface area contributed by atoms with Crippen molar-refractivity contribution in [1.82, 2.24) is 4.98 Å². The number of hydrogen-bond acceptors (Lipinski definition) is 3. The number of carbonyl (C=O) groups is 1. The van der Waals surface area contributed by atoms with E-state index in [-0.39, 0.29) is 11.8 Å². The molecule has 1 fully saturated rings. The Morgan fingerprint density at radius 3 is 2.38 bits per heavy atom. The highest BCUT2D eigenvalue weighted by atomic mass is 16.1. The number of aromatic nitrogens is 1.